The Morgan fingerprint density at radius 3 is 2.38 bits per heavy atom. The van der Waals surface area contributed by atoms with E-state index in [1.807, 2.05) is 6.92 Å². The van der Waals surface area contributed by atoms with E-state index in [0.717, 1.165) is 70.3 Å². The van der Waals surface area contributed by atoms with E-state index >= 15 is 0 Å². The first-order valence-electron chi connectivity index (χ1n) is 9.49. The fourth-order valence-corrected chi connectivity index (χ4v) is 3.97. The minimum atomic E-state index is 0.101. The zero-order valence-corrected chi connectivity index (χ0v) is 14.9. The third kappa shape index (κ3) is 4.38. The molecule has 0 spiro atoms. The number of amides is 2. The molecule has 0 aromatic carbocycles. The molecule has 3 fully saturated rings. The molecule has 0 radical (unpaired) electrons. The monoisotopic (exact) mass is 333 g/mol. The summed E-state index contributed by atoms with van der Waals surface area (Å²) in [5.41, 5.74) is 0.990. The Kier molecular flexibility index (Phi) is 5.59. The van der Waals surface area contributed by atoms with Crippen LogP contribution in [0.5, 0.6) is 0 Å². The van der Waals surface area contributed by atoms with Gasteiger partial charge in [-0.15, -0.1) is 0 Å². The van der Waals surface area contributed by atoms with Crippen LogP contribution in [-0.4, -0.2) is 60.4 Å². The second-order valence-electron chi connectivity index (χ2n) is 7.84. The maximum Gasteiger partial charge on any atom is 0.225 e. The lowest BCUT2D eigenvalue weighted by atomic mass is 9.93. The number of carbonyl (C=O) groups excluding carboxylic acids is 2. The van der Waals surface area contributed by atoms with Gasteiger partial charge in [-0.2, -0.15) is 0 Å². The summed E-state index contributed by atoms with van der Waals surface area (Å²) in [6.45, 7) is 10.1. The van der Waals surface area contributed by atoms with Crippen molar-refractivity contribution in [2.24, 2.45) is 11.8 Å². The van der Waals surface area contributed by atoms with Crippen LogP contribution in [0.1, 0.15) is 45.4 Å². The number of rotatable bonds is 5. The molecule has 1 aliphatic carbocycles. The molecule has 5 heteroatoms. The van der Waals surface area contributed by atoms with Gasteiger partial charge in [0, 0.05) is 38.1 Å². The smallest absolute Gasteiger partial charge is 0.225 e. The second kappa shape index (κ2) is 7.68. The molecule has 5 nitrogen and oxygen atoms in total. The molecule has 1 atom stereocenters. The predicted octanol–water partition coefficient (Wildman–Crippen LogP) is 1.79. The molecule has 2 aliphatic heterocycles. The van der Waals surface area contributed by atoms with Crippen molar-refractivity contribution >= 4 is 11.8 Å². The summed E-state index contributed by atoms with van der Waals surface area (Å²) in [7, 11) is 0. The van der Waals surface area contributed by atoms with Gasteiger partial charge in [0.15, 0.2) is 0 Å². The van der Waals surface area contributed by atoms with E-state index in [2.05, 4.69) is 21.7 Å². The Bertz CT molecular complexity index is 493. The van der Waals surface area contributed by atoms with Gasteiger partial charge >= 0.3 is 0 Å². The van der Waals surface area contributed by atoms with Crippen LogP contribution in [0.2, 0.25) is 0 Å². The highest BCUT2D eigenvalue weighted by molar-refractivity contribution is 5.81. The van der Waals surface area contributed by atoms with Crippen molar-refractivity contribution < 1.29 is 9.59 Å². The largest absolute Gasteiger partial charge is 0.352 e. The van der Waals surface area contributed by atoms with Crippen LogP contribution in [0.3, 0.4) is 0 Å². The van der Waals surface area contributed by atoms with E-state index in [0.29, 0.717) is 24.4 Å². The maximum atomic E-state index is 12.3. The van der Waals surface area contributed by atoms with Crippen LogP contribution < -0.4 is 5.32 Å². The maximum absolute atomic E-state index is 12.3. The minimum absolute atomic E-state index is 0.101. The van der Waals surface area contributed by atoms with Crippen molar-refractivity contribution in [3.05, 3.63) is 12.2 Å². The summed E-state index contributed by atoms with van der Waals surface area (Å²) in [6, 6.07) is 0.532. The fraction of sp³-hybridized carbons (Fsp3) is 0.789. The molecule has 2 saturated heterocycles. The molecule has 0 unspecified atom stereocenters. The van der Waals surface area contributed by atoms with E-state index in [9.17, 15) is 9.59 Å². The molecule has 0 aromatic rings. The summed E-state index contributed by atoms with van der Waals surface area (Å²) in [5.74, 6) is 0.982. The zero-order valence-electron chi connectivity index (χ0n) is 14.9. The summed E-state index contributed by atoms with van der Waals surface area (Å²) in [4.78, 5) is 29.0. The van der Waals surface area contributed by atoms with Crippen molar-refractivity contribution in [2.45, 2.75) is 51.5 Å². The van der Waals surface area contributed by atoms with Crippen LogP contribution in [0.15, 0.2) is 12.2 Å². The molecule has 0 bridgehead atoms. The first-order chi connectivity index (χ1) is 11.5. The van der Waals surface area contributed by atoms with Crippen LogP contribution in [-0.2, 0) is 9.59 Å². The fourth-order valence-electron chi connectivity index (χ4n) is 3.97. The van der Waals surface area contributed by atoms with Crippen molar-refractivity contribution in [3.63, 3.8) is 0 Å². The quantitative estimate of drug-likeness (QED) is 0.781. The topological polar surface area (TPSA) is 52.7 Å². The number of carbonyl (C=O) groups is 2. The summed E-state index contributed by atoms with van der Waals surface area (Å²) in [5, 5.41) is 3.00. The molecule has 134 valence electrons. The van der Waals surface area contributed by atoms with Gasteiger partial charge in [0.2, 0.25) is 11.8 Å². The zero-order chi connectivity index (χ0) is 17.1. The minimum Gasteiger partial charge on any atom is -0.352 e. The van der Waals surface area contributed by atoms with Crippen molar-refractivity contribution in [1.82, 2.24) is 15.1 Å². The normalized spacial score (nSPS) is 26.2. The molecule has 3 rings (SSSR count). The molecule has 24 heavy (non-hydrogen) atoms. The van der Waals surface area contributed by atoms with E-state index < -0.39 is 0 Å². The second-order valence-corrected chi connectivity index (χ2v) is 7.84. The van der Waals surface area contributed by atoms with Gasteiger partial charge in [0.1, 0.15) is 0 Å². The highest BCUT2D eigenvalue weighted by atomic mass is 16.2. The SMILES string of the molecule is C=C(C)CNC(=O)[C@H]1CCCN(C2CCN(C(=O)C3CC3)CC2)C1. The molecule has 3 aliphatic rings. The lowest BCUT2D eigenvalue weighted by molar-refractivity contribution is -0.134. The van der Waals surface area contributed by atoms with Crippen molar-refractivity contribution in [1.29, 1.82) is 0 Å². The van der Waals surface area contributed by atoms with Crippen LogP contribution >= 0.6 is 0 Å². The van der Waals surface area contributed by atoms with Crippen LogP contribution in [0.4, 0.5) is 0 Å². The van der Waals surface area contributed by atoms with E-state index in [1.165, 1.54) is 0 Å². The molecular weight excluding hydrogens is 302 g/mol. The Labute approximate surface area is 145 Å². The number of nitrogens with one attached hydrogen (secondary N) is 1. The van der Waals surface area contributed by atoms with Gasteiger partial charge < -0.3 is 10.2 Å². The van der Waals surface area contributed by atoms with E-state index in [4.69, 9.17) is 0 Å². The van der Waals surface area contributed by atoms with E-state index in [-0.39, 0.29) is 11.8 Å². The lowest BCUT2D eigenvalue weighted by Gasteiger charge is -2.42. The highest BCUT2D eigenvalue weighted by Gasteiger charge is 2.37. The molecule has 1 saturated carbocycles. The third-order valence-corrected chi connectivity index (χ3v) is 5.61. The predicted molar refractivity (Wildman–Crippen MR) is 94.4 cm³/mol. The number of likely N-dealkylation sites (tertiary alicyclic amines) is 2. The van der Waals surface area contributed by atoms with Crippen molar-refractivity contribution in [3.8, 4) is 0 Å². The Hall–Kier alpha value is -1.36. The molecule has 1 N–H and O–H groups in total. The summed E-state index contributed by atoms with van der Waals surface area (Å²) >= 11 is 0. The molecule has 2 amide bonds. The van der Waals surface area contributed by atoms with Gasteiger partial charge in [0.25, 0.3) is 0 Å². The summed E-state index contributed by atoms with van der Waals surface area (Å²) < 4.78 is 0. The standard InChI is InChI=1S/C19H31N3O2/c1-14(2)12-20-18(23)16-4-3-9-22(13-16)17-7-10-21(11-8-17)19(24)15-5-6-15/h15-17H,1,3-13H2,2H3,(H,20,23)/t16-/m0/s1. The number of piperidine rings is 2. The average molecular weight is 333 g/mol. The molecular formula is C19H31N3O2. The molecule has 2 heterocycles. The Balaban J connectivity index is 1.46. The number of hydrogen-bond donors (Lipinski definition) is 1. The first kappa shape index (κ1) is 17.5. The van der Waals surface area contributed by atoms with Gasteiger partial charge in [-0.1, -0.05) is 12.2 Å². The Morgan fingerprint density at radius 2 is 1.75 bits per heavy atom. The van der Waals surface area contributed by atoms with E-state index in [1.54, 1.807) is 0 Å². The number of nitrogens with zero attached hydrogens (tertiary/aromatic N) is 2. The lowest BCUT2D eigenvalue weighted by Crippen LogP contribution is -2.51. The van der Waals surface area contributed by atoms with Gasteiger partial charge in [-0.25, -0.2) is 0 Å². The Morgan fingerprint density at radius 1 is 1.04 bits per heavy atom. The molecule has 0 aromatic heterocycles. The van der Waals surface area contributed by atoms with Crippen LogP contribution in [0.25, 0.3) is 0 Å². The van der Waals surface area contributed by atoms with Crippen LogP contribution in [0, 0.1) is 11.8 Å². The third-order valence-electron chi connectivity index (χ3n) is 5.61. The van der Waals surface area contributed by atoms with Gasteiger partial charge in [-0.05, 0) is 52.0 Å². The summed E-state index contributed by atoms with van der Waals surface area (Å²) in [6.07, 6.45) is 6.36. The first-order valence-corrected chi connectivity index (χ1v) is 9.49. The van der Waals surface area contributed by atoms with Gasteiger partial charge in [-0.3, -0.25) is 14.5 Å². The number of hydrogen-bond acceptors (Lipinski definition) is 3. The van der Waals surface area contributed by atoms with Crippen molar-refractivity contribution in [2.75, 3.05) is 32.7 Å². The average Bonchev–Trinajstić information content (AvgIpc) is 3.44. The highest BCUT2D eigenvalue weighted by Crippen LogP contribution is 2.32. The van der Waals surface area contributed by atoms with Gasteiger partial charge in [0.05, 0.1) is 5.92 Å².